The first kappa shape index (κ1) is 21.9. The number of methoxy groups -OCH3 is 1. The summed E-state index contributed by atoms with van der Waals surface area (Å²) in [5, 5.41) is 7.44. The molecule has 1 atom stereocenters. The number of rotatable bonds is 7. The summed E-state index contributed by atoms with van der Waals surface area (Å²) in [7, 11) is -1.91. The predicted octanol–water partition coefficient (Wildman–Crippen LogP) is 3.60. The van der Waals surface area contributed by atoms with E-state index in [1.165, 1.54) is 27.0 Å². The maximum absolute atomic E-state index is 12.8. The summed E-state index contributed by atoms with van der Waals surface area (Å²) in [5.74, 6) is 0.297. The van der Waals surface area contributed by atoms with E-state index in [1.54, 1.807) is 24.6 Å². The van der Waals surface area contributed by atoms with Crippen LogP contribution in [-0.4, -0.2) is 43.8 Å². The molecule has 1 saturated heterocycles. The average Bonchev–Trinajstić information content (AvgIpc) is 3.50. The van der Waals surface area contributed by atoms with E-state index in [0.29, 0.717) is 30.1 Å². The summed E-state index contributed by atoms with van der Waals surface area (Å²) in [5.41, 5.74) is 1.83. The van der Waals surface area contributed by atoms with Crippen LogP contribution in [0.5, 0.6) is 5.75 Å². The molecule has 164 valence electrons. The molecule has 1 aromatic carbocycles. The first-order valence-corrected chi connectivity index (χ1v) is 13.1. The van der Waals surface area contributed by atoms with Crippen LogP contribution in [-0.2, 0) is 21.4 Å². The van der Waals surface area contributed by atoms with Crippen molar-refractivity contribution < 1.29 is 17.9 Å². The maximum Gasteiger partial charge on any atom is 0.252 e. The predicted molar refractivity (Wildman–Crippen MR) is 122 cm³/mol. The van der Waals surface area contributed by atoms with Gasteiger partial charge in [-0.3, -0.25) is 4.79 Å². The lowest BCUT2D eigenvalue weighted by Gasteiger charge is -2.30. The summed E-state index contributed by atoms with van der Waals surface area (Å²) < 4.78 is 32.5. The van der Waals surface area contributed by atoms with Crippen LogP contribution in [0.4, 0.5) is 0 Å². The summed E-state index contributed by atoms with van der Waals surface area (Å²) in [6.07, 6.45) is 1.35. The zero-order chi connectivity index (χ0) is 21.8. The van der Waals surface area contributed by atoms with Gasteiger partial charge in [0.25, 0.3) is 10.0 Å². The molecule has 0 spiro atoms. The molecule has 1 aliphatic rings. The molecule has 3 aromatic rings. The first-order valence-electron chi connectivity index (χ1n) is 9.87. The van der Waals surface area contributed by atoms with E-state index in [-0.39, 0.29) is 18.4 Å². The highest BCUT2D eigenvalue weighted by Crippen LogP contribution is 2.27. The van der Waals surface area contributed by atoms with Gasteiger partial charge >= 0.3 is 0 Å². The fourth-order valence-electron chi connectivity index (χ4n) is 3.51. The molecule has 7 nitrogen and oxygen atoms in total. The molecule has 1 aliphatic heterocycles. The number of thiophene rings is 1. The normalized spacial score (nSPS) is 17.4. The molecule has 2 aromatic heterocycles. The molecule has 0 radical (unpaired) electrons. The number of carbonyl (C=O) groups is 1. The van der Waals surface area contributed by atoms with Gasteiger partial charge in [-0.1, -0.05) is 6.07 Å². The zero-order valence-corrected chi connectivity index (χ0v) is 19.4. The van der Waals surface area contributed by atoms with Gasteiger partial charge in [0.15, 0.2) is 0 Å². The van der Waals surface area contributed by atoms with Crippen LogP contribution in [0.25, 0.3) is 11.3 Å². The van der Waals surface area contributed by atoms with Crippen molar-refractivity contribution in [1.82, 2.24) is 14.6 Å². The summed E-state index contributed by atoms with van der Waals surface area (Å²) in [6, 6.07) is 11.0. The number of thiazole rings is 1. The summed E-state index contributed by atoms with van der Waals surface area (Å²) >= 11 is 2.68. The molecular formula is C21H23N3O4S3. The van der Waals surface area contributed by atoms with Crippen LogP contribution in [0, 0.1) is 5.92 Å². The van der Waals surface area contributed by atoms with Crippen LogP contribution >= 0.6 is 22.7 Å². The smallest absolute Gasteiger partial charge is 0.252 e. The number of hydrogen-bond acceptors (Lipinski definition) is 7. The van der Waals surface area contributed by atoms with E-state index in [2.05, 4.69) is 10.3 Å². The topological polar surface area (TPSA) is 88.6 Å². The van der Waals surface area contributed by atoms with Crippen LogP contribution in [0.3, 0.4) is 0 Å². The summed E-state index contributed by atoms with van der Waals surface area (Å²) in [6.45, 7) is 0.983. The fraction of sp³-hybridized carbons (Fsp3) is 0.333. The molecule has 3 heterocycles. The Morgan fingerprint density at radius 3 is 2.77 bits per heavy atom. The number of nitrogens with one attached hydrogen (secondary N) is 1. The quantitative estimate of drug-likeness (QED) is 0.562. The number of piperidine rings is 1. The lowest BCUT2D eigenvalue weighted by molar-refractivity contribution is -0.126. The van der Waals surface area contributed by atoms with E-state index in [4.69, 9.17) is 4.74 Å². The van der Waals surface area contributed by atoms with Crippen molar-refractivity contribution >= 4 is 38.6 Å². The number of ether oxygens (including phenoxy) is 1. The van der Waals surface area contributed by atoms with Gasteiger partial charge in [0, 0.05) is 24.0 Å². The SMILES string of the molecule is COc1ccc(-c2csc(CNC(=O)[C@H]3CCCN(S(=O)(=O)c4cccs4)C3)n2)cc1. The number of benzene rings is 1. The standard InChI is InChI=1S/C21H23N3O4S3/c1-28-17-8-6-15(7-9-17)18-14-30-19(23-18)12-22-21(25)16-4-2-10-24(13-16)31(26,27)20-5-3-11-29-20/h3,5-9,11,14,16H,2,4,10,12-13H2,1H3,(H,22,25)/t16-/m0/s1. The van der Waals surface area contributed by atoms with Crippen LogP contribution < -0.4 is 10.1 Å². The molecule has 31 heavy (non-hydrogen) atoms. The third-order valence-electron chi connectivity index (χ3n) is 5.20. The van der Waals surface area contributed by atoms with E-state index in [0.717, 1.165) is 22.0 Å². The second kappa shape index (κ2) is 9.47. The average molecular weight is 478 g/mol. The number of amides is 1. The highest BCUT2D eigenvalue weighted by Gasteiger charge is 2.33. The number of sulfonamides is 1. The van der Waals surface area contributed by atoms with Crippen LogP contribution in [0.2, 0.25) is 0 Å². The maximum atomic E-state index is 12.8. The number of nitrogens with zero attached hydrogens (tertiary/aromatic N) is 2. The van der Waals surface area contributed by atoms with Gasteiger partial charge in [0.1, 0.15) is 15.0 Å². The largest absolute Gasteiger partial charge is 0.497 e. The van der Waals surface area contributed by atoms with Crippen LogP contribution in [0.1, 0.15) is 17.8 Å². The second-order valence-electron chi connectivity index (χ2n) is 7.21. The van der Waals surface area contributed by atoms with E-state index in [1.807, 2.05) is 29.6 Å². The van der Waals surface area contributed by atoms with Crippen molar-refractivity contribution in [3.05, 3.63) is 52.2 Å². The molecule has 1 N–H and O–H groups in total. The molecule has 0 unspecified atom stereocenters. The van der Waals surface area contributed by atoms with Crippen molar-refractivity contribution in [2.45, 2.75) is 23.6 Å². The van der Waals surface area contributed by atoms with Crippen LogP contribution in [0.15, 0.2) is 51.4 Å². The van der Waals surface area contributed by atoms with E-state index < -0.39 is 10.0 Å². The summed E-state index contributed by atoms with van der Waals surface area (Å²) in [4.78, 5) is 17.3. The Morgan fingerprint density at radius 2 is 2.06 bits per heavy atom. The highest BCUT2D eigenvalue weighted by molar-refractivity contribution is 7.91. The number of carbonyl (C=O) groups excluding carboxylic acids is 1. The highest BCUT2D eigenvalue weighted by atomic mass is 32.2. The first-order chi connectivity index (χ1) is 15.0. The van der Waals surface area contributed by atoms with Crippen molar-refractivity contribution in [2.75, 3.05) is 20.2 Å². The van der Waals surface area contributed by atoms with E-state index >= 15 is 0 Å². The monoisotopic (exact) mass is 477 g/mol. The lowest BCUT2D eigenvalue weighted by Crippen LogP contribution is -2.45. The third kappa shape index (κ3) is 4.98. The molecule has 0 bridgehead atoms. The lowest BCUT2D eigenvalue weighted by atomic mass is 9.99. The molecule has 0 saturated carbocycles. The third-order valence-corrected chi connectivity index (χ3v) is 9.28. The minimum absolute atomic E-state index is 0.132. The minimum Gasteiger partial charge on any atom is -0.497 e. The van der Waals surface area contributed by atoms with Gasteiger partial charge in [-0.2, -0.15) is 4.31 Å². The van der Waals surface area contributed by atoms with Gasteiger partial charge in [-0.25, -0.2) is 13.4 Å². The molecule has 0 aliphatic carbocycles. The van der Waals surface area contributed by atoms with Crippen molar-refractivity contribution in [2.24, 2.45) is 5.92 Å². The molecule has 1 amide bonds. The van der Waals surface area contributed by atoms with Crippen molar-refractivity contribution in [3.63, 3.8) is 0 Å². The zero-order valence-electron chi connectivity index (χ0n) is 17.0. The molecule has 4 rings (SSSR count). The Bertz CT molecular complexity index is 1130. The Morgan fingerprint density at radius 1 is 1.26 bits per heavy atom. The fourth-order valence-corrected chi connectivity index (χ4v) is 6.92. The van der Waals surface area contributed by atoms with Crippen molar-refractivity contribution in [1.29, 1.82) is 0 Å². The van der Waals surface area contributed by atoms with Gasteiger partial charge in [-0.15, -0.1) is 22.7 Å². The van der Waals surface area contributed by atoms with Gasteiger partial charge < -0.3 is 10.1 Å². The Balaban J connectivity index is 1.35. The van der Waals surface area contributed by atoms with Crippen molar-refractivity contribution in [3.8, 4) is 17.0 Å². The second-order valence-corrected chi connectivity index (χ2v) is 11.3. The minimum atomic E-state index is -3.53. The molecule has 10 heteroatoms. The number of aromatic nitrogens is 1. The molecular weight excluding hydrogens is 454 g/mol. The number of hydrogen-bond donors (Lipinski definition) is 1. The van der Waals surface area contributed by atoms with Gasteiger partial charge in [-0.05, 0) is 48.6 Å². The molecule has 1 fully saturated rings. The Hall–Kier alpha value is -2.27. The Labute approximate surface area is 189 Å². The van der Waals surface area contributed by atoms with Gasteiger partial charge in [0.05, 0.1) is 25.3 Å². The Kier molecular flexibility index (Phi) is 6.71. The van der Waals surface area contributed by atoms with Gasteiger partial charge in [0.2, 0.25) is 5.91 Å². The van der Waals surface area contributed by atoms with E-state index in [9.17, 15) is 13.2 Å².